The molecule has 0 saturated carbocycles. The number of carbonyl (C=O) groups is 1. The van der Waals surface area contributed by atoms with E-state index in [2.05, 4.69) is 33.4 Å². The Labute approximate surface area is 155 Å². The molecule has 140 valence electrons. The van der Waals surface area contributed by atoms with Crippen molar-refractivity contribution in [2.24, 2.45) is 0 Å². The van der Waals surface area contributed by atoms with Crippen LogP contribution in [0, 0.1) is 0 Å². The number of rotatable bonds is 1. The number of alkyl halides is 3. The van der Waals surface area contributed by atoms with E-state index in [1.807, 2.05) is 12.1 Å². The fourth-order valence-corrected chi connectivity index (χ4v) is 2.98. The number of nitrogens with one attached hydrogen (secondary N) is 1. The molecule has 2 aromatic carbocycles. The Morgan fingerprint density at radius 3 is 2.35 bits per heavy atom. The van der Waals surface area contributed by atoms with E-state index in [1.165, 1.54) is 0 Å². The molecule has 0 aliphatic carbocycles. The van der Waals surface area contributed by atoms with Gasteiger partial charge in [0.05, 0.1) is 6.04 Å². The van der Waals surface area contributed by atoms with E-state index in [-0.39, 0.29) is 17.5 Å². The third kappa shape index (κ3) is 4.89. The number of fused-ring (bicyclic) bond motifs is 1. The second-order valence-corrected chi connectivity index (χ2v) is 6.45. The molecule has 0 radical (unpaired) electrons. The van der Waals surface area contributed by atoms with Crippen molar-refractivity contribution in [3.63, 3.8) is 0 Å². The fraction of sp³-hybridized carbons (Fsp3) is 0.235. The van der Waals surface area contributed by atoms with Gasteiger partial charge in [0.25, 0.3) is 0 Å². The molecule has 1 aliphatic heterocycles. The normalized spacial score (nSPS) is 16.2. The minimum atomic E-state index is -5.08. The highest BCUT2D eigenvalue weighted by Gasteiger charge is 2.38. The van der Waals surface area contributed by atoms with Gasteiger partial charge in [0.15, 0.2) is 11.5 Å². The van der Waals surface area contributed by atoms with Crippen LogP contribution < -0.4 is 5.32 Å². The van der Waals surface area contributed by atoms with E-state index in [1.54, 1.807) is 12.1 Å². The molecule has 1 aliphatic rings. The van der Waals surface area contributed by atoms with E-state index in [4.69, 9.17) is 9.90 Å². The van der Waals surface area contributed by atoms with Crippen molar-refractivity contribution < 1.29 is 33.3 Å². The molecule has 1 atom stereocenters. The van der Waals surface area contributed by atoms with Crippen LogP contribution in [0.1, 0.15) is 22.7 Å². The maximum Gasteiger partial charge on any atom is 0.490 e. The summed E-state index contributed by atoms with van der Waals surface area (Å²) >= 11 is 3.48. The van der Waals surface area contributed by atoms with Crippen LogP contribution in [0.2, 0.25) is 0 Å². The molecule has 0 saturated heterocycles. The van der Waals surface area contributed by atoms with Crippen molar-refractivity contribution in [1.82, 2.24) is 5.32 Å². The minimum absolute atomic E-state index is 0.0476. The molecule has 1 unspecified atom stereocenters. The standard InChI is InChI=1S/C15H14BrNO2.C2HF3O2/c16-11-3-1-2-10(6-11)15-12-8-14(19)13(18)7-9(12)4-5-17-15;3-2(4,5)1(6)7/h1-3,6-8,15,17-19H,4-5H2;(H,6,7). The molecule has 3 rings (SSSR count). The Morgan fingerprint density at radius 1 is 1.15 bits per heavy atom. The van der Waals surface area contributed by atoms with Gasteiger partial charge < -0.3 is 20.6 Å². The first-order chi connectivity index (χ1) is 12.1. The summed E-state index contributed by atoms with van der Waals surface area (Å²) in [5, 5.41) is 29.9. The van der Waals surface area contributed by atoms with Crippen molar-refractivity contribution >= 4 is 21.9 Å². The first kappa shape index (κ1) is 20.1. The maximum atomic E-state index is 10.6. The second-order valence-electron chi connectivity index (χ2n) is 5.53. The number of carboxylic acid groups (broad SMARTS) is 1. The number of phenolic OH excluding ortho intramolecular Hbond substituents is 2. The van der Waals surface area contributed by atoms with Gasteiger partial charge in [0, 0.05) is 11.0 Å². The molecular formula is C17H15BrF3NO4. The smallest absolute Gasteiger partial charge is 0.490 e. The van der Waals surface area contributed by atoms with E-state index in [9.17, 15) is 23.4 Å². The Bertz CT molecular complexity index is 811. The van der Waals surface area contributed by atoms with Gasteiger partial charge in [-0.3, -0.25) is 0 Å². The molecule has 0 aromatic heterocycles. The zero-order valence-corrected chi connectivity index (χ0v) is 14.8. The lowest BCUT2D eigenvalue weighted by molar-refractivity contribution is -0.192. The third-order valence-electron chi connectivity index (χ3n) is 3.71. The zero-order valence-electron chi connectivity index (χ0n) is 13.2. The summed E-state index contributed by atoms with van der Waals surface area (Å²) in [6.07, 6.45) is -4.23. The average Bonchev–Trinajstić information content (AvgIpc) is 2.55. The van der Waals surface area contributed by atoms with E-state index in [0.29, 0.717) is 0 Å². The van der Waals surface area contributed by atoms with Gasteiger partial charge >= 0.3 is 12.1 Å². The zero-order chi connectivity index (χ0) is 19.5. The molecule has 0 fully saturated rings. The molecule has 0 amide bonds. The van der Waals surface area contributed by atoms with Crippen LogP contribution >= 0.6 is 15.9 Å². The third-order valence-corrected chi connectivity index (χ3v) is 4.21. The maximum absolute atomic E-state index is 10.6. The average molecular weight is 434 g/mol. The Balaban J connectivity index is 0.000000298. The van der Waals surface area contributed by atoms with Crippen LogP contribution in [0.4, 0.5) is 13.2 Å². The molecule has 4 N–H and O–H groups in total. The number of phenols is 2. The lowest BCUT2D eigenvalue weighted by atomic mass is 9.89. The number of aliphatic carboxylic acids is 1. The molecule has 5 nitrogen and oxygen atoms in total. The predicted molar refractivity (Wildman–Crippen MR) is 91.2 cm³/mol. The Kier molecular flexibility index (Phi) is 6.14. The number of aromatic hydroxyl groups is 2. The number of hydrogen-bond acceptors (Lipinski definition) is 4. The molecule has 0 spiro atoms. The van der Waals surface area contributed by atoms with Crippen molar-refractivity contribution in [2.75, 3.05) is 6.54 Å². The summed E-state index contributed by atoms with van der Waals surface area (Å²) in [5.74, 6) is -2.87. The molecule has 26 heavy (non-hydrogen) atoms. The topological polar surface area (TPSA) is 89.8 Å². The highest BCUT2D eigenvalue weighted by atomic mass is 79.9. The molecular weight excluding hydrogens is 419 g/mol. The van der Waals surface area contributed by atoms with E-state index in [0.717, 1.165) is 34.1 Å². The molecule has 1 heterocycles. The minimum Gasteiger partial charge on any atom is -0.504 e. The summed E-state index contributed by atoms with van der Waals surface area (Å²) in [4.78, 5) is 8.90. The van der Waals surface area contributed by atoms with Crippen molar-refractivity contribution in [1.29, 1.82) is 0 Å². The number of benzene rings is 2. The fourth-order valence-electron chi connectivity index (χ4n) is 2.57. The van der Waals surface area contributed by atoms with E-state index < -0.39 is 12.1 Å². The van der Waals surface area contributed by atoms with Gasteiger partial charge in [0.1, 0.15) is 0 Å². The molecule has 2 aromatic rings. The molecule has 0 bridgehead atoms. The van der Waals surface area contributed by atoms with Crippen LogP contribution in [0.3, 0.4) is 0 Å². The lowest BCUT2D eigenvalue weighted by Crippen LogP contribution is -2.30. The summed E-state index contributed by atoms with van der Waals surface area (Å²) in [6, 6.07) is 11.5. The van der Waals surface area contributed by atoms with E-state index >= 15 is 0 Å². The van der Waals surface area contributed by atoms with Gasteiger partial charge in [0.2, 0.25) is 0 Å². The number of halogens is 4. The summed E-state index contributed by atoms with van der Waals surface area (Å²) in [5.41, 5.74) is 3.25. The number of carboxylic acids is 1. The summed E-state index contributed by atoms with van der Waals surface area (Å²) in [6.45, 7) is 0.856. The largest absolute Gasteiger partial charge is 0.504 e. The monoisotopic (exact) mass is 433 g/mol. The van der Waals surface area contributed by atoms with Gasteiger partial charge in [-0.2, -0.15) is 13.2 Å². The van der Waals surface area contributed by atoms with Gasteiger partial charge in [-0.1, -0.05) is 28.1 Å². The summed E-state index contributed by atoms with van der Waals surface area (Å²) < 4.78 is 32.8. The van der Waals surface area contributed by atoms with Crippen LogP contribution in [-0.2, 0) is 11.2 Å². The van der Waals surface area contributed by atoms with Crippen LogP contribution in [0.15, 0.2) is 40.9 Å². The van der Waals surface area contributed by atoms with Crippen molar-refractivity contribution in [3.8, 4) is 11.5 Å². The molecule has 9 heteroatoms. The SMILES string of the molecule is O=C(O)C(F)(F)F.Oc1cc2c(cc1O)C(c1cccc(Br)c1)NCC2. The van der Waals surface area contributed by atoms with Gasteiger partial charge in [-0.25, -0.2) is 4.79 Å². The Hall–Kier alpha value is -2.26. The highest BCUT2D eigenvalue weighted by Crippen LogP contribution is 2.36. The Morgan fingerprint density at radius 2 is 1.77 bits per heavy atom. The van der Waals surface area contributed by atoms with Crippen LogP contribution in [-0.4, -0.2) is 34.0 Å². The van der Waals surface area contributed by atoms with Gasteiger partial charge in [-0.05, 0) is 47.4 Å². The first-order valence-electron chi connectivity index (χ1n) is 7.43. The summed E-state index contributed by atoms with van der Waals surface area (Å²) in [7, 11) is 0. The quantitative estimate of drug-likeness (QED) is 0.514. The van der Waals surface area contributed by atoms with Crippen molar-refractivity contribution in [2.45, 2.75) is 18.6 Å². The number of hydrogen-bond donors (Lipinski definition) is 4. The van der Waals surface area contributed by atoms with Crippen molar-refractivity contribution in [3.05, 3.63) is 57.6 Å². The first-order valence-corrected chi connectivity index (χ1v) is 8.22. The highest BCUT2D eigenvalue weighted by molar-refractivity contribution is 9.10. The predicted octanol–water partition coefficient (Wildman–Crippen LogP) is 3.73. The second kappa shape index (κ2) is 7.96. The van der Waals surface area contributed by atoms with Gasteiger partial charge in [-0.15, -0.1) is 0 Å². The van der Waals surface area contributed by atoms with Crippen LogP contribution in [0.5, 0.6) is 11.5 Å². The lowest BCUT2D eigenvalue weighted by Gasteiger charge is -2.28. The van der Waals surface area contributed by atoms with Crippen LogP contribution in [0.25, 0.3) is 0 Å².